The normalized spacial score (nSPS) is 18.2. The lowest BCUT2D eigenvalue weighted by atomic mass is 10.2. The van der Waals surface area contributed by atoms with E-state index in [0.29, 0.717) is 31.9 Å². The Kier molecular flexibility index (Phi) is 5.03. The molecule has 1 atom stereocenters. The van der Waals surface area contributed by atoms with Gasteiger partial charge in [0.25, 0.3) is 0 Å². The van der Waals surface area contributed by atoms with Crippen LogP contribution in [-0.4, -0.2) is 40.5 Å². The number of aromatic nitrogens is 2. The molecule has 0 aromatic carbocycles. The Balaban J connectivity index is 1.62. The van der Waals surface area contributed by atoms with Gasteiger partial charge in [0.15, 0.2) is 5.82 Å². The van der Waals surface area contributed by atoms with E-state index in [-0.39, 0.29) is 12.0 Å². The van der Waals surface area contributed by atoms with Crippen molar-refractivity contribution in [1.29, 1.82) is 0 Å². The maximum atomic E-state index is 12.4. The molecule has 1 fully saturated rings. The Morgan fingerprint density at radius 2 is 2.17 bits per heavy atom. The van der Waals surface area contributed by atoms with Crippen molar-refractivity contribution < 1.29 is 9.53 Å². The van der Waals surface area contributed by atoms with Crippen LogP contribution in [0, 0.1) is 13.8 Å². The number of rotatable bonds is 4. The van der Waals surface area contributed by atoms with E-state index in [4.69, 9.17) is 4.74 Å². The molecule has 3 rings (SSSR count). The summed E-state index contributed by atoms with van der Waals surface area (Å²) in [7, 11) is 0. The molecule has 6 heteroatoms. The number of thiophene rings is 1. The summed E-state index contributed by atoms with van der Waals surface area (Å²) < 4.78 is 5.79. The Morgan fingerprint density at radius 1 is 1.39 bits per heavy atom. The fourth-order valence-corrected chi connectivity index (χ4v) is 3.48. The molecule has 5 nitrogen and oxygen atoms in total. The van der Waals surface area contributed by atoms with E-state index in [1.54, 1.807) is 11.3 Å². The highest BCUT2D eigenvalue weighted by molar-refractivity contribution is 7.09. The highest BCUT2D eigenvalue weighted by Gasteiger charge is 2.27. The highest BCUT2D eigenvalue weighted by Crippen LogP contribution is 2.21. The van der Waals surface area contributed by atoms with E-state index in [1.807, 2.05) is 36.3 Å². The Bertz CT molecular complexity index is 652. The predicted molar refractivity (Wildman–Crippen MR) is 89.4 cm³/mol. The highest BCUT2D eigenvalue weighted by atomic mass is 32.1. The van der Waals surface area contributed by atoms with Crippen LogP contribution in [0.5, 0.6) is 0 Å². The second-order valence-electron chi connectivity index (χ2n) is 5.79. The zero-order valence-electron chi connectivity index (χ0n) is 13.5. The molecule has 0 radical (unpaired) electrons. The molecule has 0 bridgehead atoms. The molecular weight excluding hydrogens is 310 g/mol. The SMILES string of the molecule is Cc1cc(C)nc([C@H]2CN(C(=O)CCc3cccs3)CCO2)n1. The van der Waals surface area contributed by atoms with Crippen molar-refractivity contribution in [2.45, 2.75) is 32.8 Å². The number of aryl methyl sites for hydroxylation is 3. The monoisotopic (exact) mass is 331 g/mol. The van der Waals surface area contributed by atoms with Crippen molar-refractivity contribution in [2.75, 3.05) is 19.7 Å². The van der Waals surface area contributed by atoms with Crippen LogP contribution in [0.3, 0.4) is 0 Å². The Hall–Kier alpha value is -1.79. The van der Waals surface area contributed by atoms with E-state index >= 15 is 0 Å². The Morgan fingerprint density at radius 3 is 2.87 bits per heavy atom. The molecule has 0 saturated carbocycles. The van der Waals surface area contributed by atoms with Crippen LogP contribution in [0.4, 0.5) is 0 Å². The molecule has 23 heavy (non-hydrogen) atoms. The number of ether oxygens (including phenoxy) is 1. The second-order valence-corrected chi connectivity index (χ2v) is 6.82. The molecule has 2 aromatic rings. The van der Waals surface area contributed by atoms with Gasteiger partial charge < -0.3 is 9.64 Å². The summed E-state index contributed by atoms with van der Waals surface area (Å²) in [6, 6.07) is 6.03. The summed E-state index contributed by atoms with van der Waals surface area (Å²) in [5.74, 6) is 0.856. The molecule has 0 unspecified atom stereocenters. The number of amides is 1. The van der Waals surface area contributed by atoms with Gasteiger partial charge in [-0.1, -0.05) is 6.07 Å². The van der Waals surface area contributed by atoms with E-state index in [0.717, 1.165) is 17.8 Å². The summed E-state index contributed by atoms with van der Waals surface area (Å²) >= 11 is 1.70. The first-order valence-corrected chi connectivity index (χ1v) is 8.74. The van der Waals surface area contributed by atoms with Gasteiger partial charge >= 0.3 is 0 Å². The van der Waals surface area contributed by atoms with Crippen LogP contribution in [-0.2, 0) is 16.0 Å². The van der Waals surface area contributed by atoms with Crippen molar-refractivity contribution in [1.82, 2.24) is 14.9 Å². The second kappa shape index (κ2) is 7.19. The molecule has 0 aliphatic carbocycles. The van der Waals surface area contributed by atoms with Crippen molar-refractivity contribution in [3.8, 4) is 0 Å². The molecule has 0 N–H and O–H groups in total. The van der Waals surface area contributed by atoms with Crippen LogP contribution in [0.1, 0.15) is 34.6 Å². The lowest BCUT2D eigenvalue weighted by Crippen LogP contribution is -2.42. The fraction of sp³-hybridized carbons (Fsp3) is 0.471. The summed E-state index contributed by atoms with van der Waals surface area (Å²) in [6.07, 6.45) is 1.12. The van der Waals surface area contributed by atoms with Gasteiger partial charge in [-0.2, -0.15) is 0 Å². The molecule has 1 saturated heterocycles. The molecule has 1 aliphatic rings. The van der Waals surface area contributed by atoms with Gasteiger partial charge in [0, 0.05) is 29.2 Å². The van der Waals surface area contributed by atoms with Crippen molar-refractivity contribution >= 4 is 17.2 Å². The number of morpholine rings is 1. The van der Waals surface area contributed by atoms with Crippen LogP contribution in [0.2, 0.25) is 0 Å². The first-order chi connectivity index (χ1) is 11.1. The molecule has 1 aliphatic heterocycles. The third-order valence-electron chi connectivity index (χ3n) is 3.87. The van der Waals surface area contributed by atoms with Crippen molar-refractivity contribution in [3.63, 3.8) is 0 Å². The van der Waals surface area contributed by atoms with Gasteiger partial charge in [0.2, 0.25) is 5.91 Å². The maximum absolute atomic E-state index is 12.4. The van der Waals surface area contributed by atoms with Crippen LogP contribution in [0.25, 0.3) is 0 Å². The topological polar surface area (TPSA) is 55.3 Å². The molecular formula is C17H21N3O2S. The van der Waals surface area contributed by atoms with Gasteiger partial charge in [0.1, 0.15) is 6.10 Å². The lowest BCUT2D eigenvalue weighted by Gasteiger charge is -2.32. The summed E-state index contributed by atoms with van der Waals surface area (Å²) in [6.45, 7) is 5.61. The standard InChI is InChI=1S/C17H21N3O2S/c1-12-10-13(2)19-17(18-12)15-11-20(7-8-22-15)16(21)6-5-14-4-3-9-23-14/h3-4,9-10,15H,5-8,11H2,1-2H3/t15-/m1/s1. The smallest absolute Gasteiger partial charge is 0.223 e. The Labute approximate surface area is 140 Å². The molecule has 2 aromatic heterocycles. The lowest BCUT2D eigenvalue weighted by molar-refractivity contribution is -0.139. The molecule has 3 heterocycles. The molecule has 1 amide bonds. The quantitative estimate of drug-likeness (QED) is 0.864. The summed E-state index contributed by atoms with van der Waals surface area (Å²) in [5.41, 5.74) is 1.86. The molecule has 0 spiro atoms. The van der Waals surface area contributed by atoms with E-state index < -0.39 is 0 Å². The molecule has 122 valence electrons. The minimum atomic E-state index is -0.229. The van der Waals surface area contributed by atoms with Gasteiger partial charge in [0.05, 0.1) is 13.2 Å². The fourth-order valence-electron chi connectivity index (χ4n) is 2.77. The van der Waals surface area contributed by atoms with Gasteiger partial charge in [-0.15, -0.1) is 11.3 Å². The van der Waals surface area contributed by atoms with Crippen LogP contribution in [0.15, 0.2) is 23.6 Å². The third-order valence-corrected chi connectivity index (χ3v) is 4.81. The first kappa shape index (κ1) is 16.1. The summed E-state index contributed by atoms with van der Waals surface area (Å²) in [5, 5.41) is 2.04. The number of nitrogens with zero attached hydrogens (tertiary/aromatic N) is 3. The maximum Gasteiger partial charge on any atom is 0.223 e. The number of hydrogen-bond acceptors (Lipinski definition) is 5. The van der Waals surface area contributed by atoms with Gasteiger partial charge in [-0.3, -0.25) is 4.79 Å². The van der Waals surface area contributed by atoms with E-state index in [9.17, 15) is 4.79 Å². The third kappa shape index (κ3) is 4.14. The van der Waals surface area contributed by atoms with Crippen LogP contribution < -0.4 is 0 Å². The zero-order chi connectivity index (χ0) is 16.2. The predicted octanol–water partition coefficient (Wildman–Crippen LogP) is 2.69. The van der Waals surface area contributed by atoms with E-state index in [1.165, 1.54) is 4.88 Å². The number of carbonyl (C=O) groups is 1. The van der Waals surface area contributed by atoms with E-state index in [2.05, 4.69) is 16.0 Å². The number of hydrogen-bond donors (Lipinski definition) is 0. The average molecular weight is 331 g/mol. The number of carbonyl (C=O) groups excluding carboxylic acids is 1. The zero-order valence-corrected chi connectivity index (χ0v) is 14.3. The van der Waals surface area contributed by atoms with Gasteiger partial charge in [-0.25, -0.2) is 9.97 Å². The largest absolute Gasteiger partial charge is 0.367 e. The van der Waals surface area contributed by atoms with Gasteiger partial charge in [-0.05, 0) is 37.8 Å². The first-order valence-electron chi connectivity index (χ1n) is 7.86. The minimum absolute atomic E-state index is 0.177. The average Bonchev–Trinajstić information content (AvgIpc) is 3.05. The van der Waals surface area contributed by atoms with Crippen molar-refractivity contribution in [2.24, 2.45) is 0 Å². The van der Waals surface area contributed by atoms with Crippen molar-refractivity contribution in [3.05, 3.63) is 45.7 Å². The summed E-state index contributed by atoms with van der Waals surface area (Å²) in [4.78, 5) is 24.5. The minimum Gasteiger partial charge on any atom is -0.367 e. The van der Waals surface area contributed by atoms with Crippen LogP contribution >= 0.6 is 11.3 Å².